The molecule has 1 aromatic rings. The summed E-state index contributed by atoms with van der Waals surface area (Å²) in [5.74, 6) is -0.673. The van der Waals surface area contributed by atoms with Gasteiger partial charge in [-0.25, -0.2) is 4.79 Å². The molecule has 0 radical (unpaired) electrons. The minimum Gasteiger partial charge on any atom is -0.478 e. The second-order valence-electron chi connectivity index (χ2n) is 4.52. The molecule has 4 nitrogen and oxygen atoms in total. The van der Waals surface area contributed by atoms with Gasteiger partial charge in [-0.05, 0) is 31.1 Å². The molecule has 104 valence electrons. The summed E-state index contributed by atoms with van der Waals surface area (Å²) in [7, 11) is 0. The van der Waals surface area contributed by atoms with Gasteiger partial charge in [0.25, 0.3) is 5.91 Å². The van der Waals surface area contributed by atoms with Crippen LogP contribution in [0.5, 0.6) is 0 Å². The summed E-state index contributed by atoms with van der Waals surface area (Å²) >= 11 is 1.28. The third-order valence-corrected chi connectivity index (χ3v) is 4.15. The van der Waals surface area contributed by atoms with Crippen LogP contribution in [0.25, 0.3) is 6.08 Å². The number of amides is 1. The zero-order chi connectivity index (χ0) is 14.4. The van der Waals surface area contributed by atoms with E-state index in [4.69, 9.17) is 5.11 Å². The van der Waals surface area contributed by atoms with Gasteiger partial charge in [0.05, 0.1) is 4.88 Å². The summed E-state index contributed by atoms with van der Waals surface area (Å²) in [6, 6.07) is 3.58. The molecule has 0 saturated carbocycles. The van der Waals surface area contributed by atoms with Gasteiger partial charge in [0.2, 0.25) is 0 Å². The van der Waals surface area contributed by atoms with Crippen molar-refractivity contribution in [2.45, 2.75) is 33.2 Å². The Morgan fingerprint density at radius 2 is 2.11 bits per heavy atom. The SMILES string of the molecule is CCC(C)C(C)NC(=O)c1ccc(C=CC(=O)O)s1. The van der Waals surface area contributed by atoms with E-state index in [-0.39, 0.29) is 11.9 Å². The first-order valence-electron chi connectivity index (χ1n) is 6.25. The summed E-state index contributed by atoms with van der Waals surface area (Å²) in [5, 5.41) is 11.5. The molecule has 0 fully saturated rings. The van der Waals surface area contributed by atoms with Gasteiger partial charge in [-0.2, -0.15) is 0 Å². The van der Waals surface area contributed by atoms with Crippen LogP contribution in [0.2, 0.25) is 0 Å². The highest BCUT2D eigenvalue weighted by molar-refractivity contribution is 7.14. The zero-order valence-electron chi connectivity index (χ0n) is 11.3. The molecule has 2 N–H and O–H groups in total. The molecule has 0 aromatic carbocycles. The number of hydrogen-bond donors (Lipinski definition) is 2. The fraction of sp³-hybridized carbons (Fsp3) is 0.429. The van der Waals surface area contributed by atoms with Gasteiger partial charge in [-0.15, -0.1) is 11.3 Å². The Kier molecular flexibility index (Phi) is 5.76. The van der Waals surface area contributed by atoms with Gasteiger partial charge < -0.3 is 10.4 Å². The molecule has 0 aliphatic carbocycles. The van der Waals surface area contributed by atoms with Gasteiger partial charge in [-0.1, -0.05) is 20.3 Å². The van der Waals surface area contributed by atoms with Crippen molar-refractivity contribution in [2.24, 2.45) is 5.92 Å². The Balaban J connectivity index is 2.66. The van der Waals surface area contributed by atoms with Gasteiger partial charge in [-0.3, -0.25) is 4.79 Å². The fourth-order valence-electron chi connectivity index (χ4n) is 1.49. The summed E-state index contributed by atoms with van der Waals surface area (Å²) < 4.78 is 0. The van der Waals surface area contributed by atoms with E-state index in [0.717, 1.165) is 17.4 Å². The number of hydrogen-bond acceptors (Lipinski definition) is 3. The number of rotatable bonds is 6. The largest absolute Gasteiger partial charge is 0.478 e. The molecule has 1 heterocycles. The predicted molar refractivity (Wildman–Crippen MR) is 77.4 cm³/mol. The van der Waals surface area contributed by atoms with Gasteiger partial charge in [0, 0.05) is 17.0 Å². The Hall–Kier alpha value is -1.62. The lowest BCUT2D eigenvalue weighted by molar-refractivity contribution is -0.131. The molecule has 5 heteroatoms. The standard InChI is InChI=1S/C14H19NO3S/c1-4-9(2)10(3)15-14(18)12-7-5-11(19-12)6-8-13(16)17/h5-10H,4H2,1-3H3,(H,15,18)(H,16,17). The minimum absolute atomic E-state index is 0.104. The van der Waals surface area contributed by atoms with Crippen LogP contribution in [-0.2, 0) is 4.79 Å². The fourth-order valence-corrected chi connectivity index (χ4v) is 2.31. The first kappa shape index (κ1) is 15.4. The van der Waals surface area contributed by atoms with E-state index in [1.54, 1.807) is 12.1 Å². The number of aliphatic carboxylic acids is 1. The average Bonchev–Trinajstić information content (AvgIpc) is 2.84. The first-order chi connectivity index (χ1) is 8.93. The van der Waals surface area contributed by atoms with Crippen LogP contribution in [0.3, 0.4) is 0 Å². The normalized spacial score (nSPS) is 14.3. The molecular formula is C14H19NO3S. The van der Waals surface area contributed by atoms with Crippen molar-refractivity contribution < 1.29 is 14.7 Å². The summed E-state index contributed by atoms with van der Waals surface area (Å²) in [4.78, 5) is 23.7. The third-order valence-electron chi connectivity index (χ3n) is 3.10. The molecule has 0 aliphatic rings. The van der Waals surface area contributed by atoms with Crippen LogP contribution in [0.4, 0.5) is 0 Å². The van der Waals surface area contributed by atoms with E-state index >= 15 is 0 Å². The maximum absolute atomic E-state index is 12.0. The molecule has 19 heavy (non-hydrogen) atoms. The van der Waals surface area contributed by atoms with Gasteiger partial charge in [0.1, 0.15) is 0 Å². The number of carbonyl (C=O) groups is 2. The summed E-state index contributed by atoms with van der Waals surface area (Å²) in [6.45, 7) is 6.18. The molecule has 1 rings (SSSR count). The smallest absolute Gasteiger partial charge is 0.328 e. The minimum atomic E-state index is -0.996. The van der Waals surface area contributed by atoms with E-state index in [1.807, 2.05) is 6.92 Å². The van der Waals surface area contributed by atoms with Crippen molar-refractivity contribution in [2.75, 3.05) is 0 Å². The van der Waals surface area contributed by atoms with E-state index in [9.17, 15) is 9.59 Å². The molecule has 1 aromatic heterocycles. The monoisotopic (exact) mass is 281 g/mol. The van der Waals surface area contributed by atoms with Crippen LogP contribution in [0.1, 0.15) is 41.7 Å². The van der Waals surface area contributed by atoms with Crippen molar-refractivity contribution in [3.63, 3.8) is 0 Å². The molecular weight excluding hydrogens is 262 g/mol. The Morgan fingerprint density at radius 1 is 1.42 bits per heavy atom. The summed E-state index contributed by atoms with van der Waals surface area (Å²) in [6.07, 6.45) is 3.57. The number of carboxylic acid groups (broad SMARTS) is 1. The van der Waals surface area contributed by atoms with Crippen molar-refractivity contribution in [1.29, 1.82) is 0 Å². The van der Waals surface area contributed by atoms with Crippen LogP contribution in [-0.4, -0.2) is 23.0 Å². The molecule has 0 bridgehead atoms. The molecule has 0 aliphatic heterocycles. The van der Waals surface area contributed by atoms with E-state index in [0.29, 0.717) is 10.8 Å². The second kappa shape index (κ2) is 7.09. The highest BCUT2D eigenvalue weighted by atomic mass is 32.1. The molecule has 1 amide bonds. The maximum Gasteiger partial charge on any atom is 0.328 e. The average molecular weight is 281 g/mol. The van der Waals surface area contributed by atoms with Crippen molar-refractivity contribution in [3.8, 4) is 0 Å². The Morgan fingerprint density at radius 3 is 2.68 bits per heavy atom. The van der Waals surface area contributed by atoms with Crippen LogP contribution < -0.4 is 5.32 Å². The lowest BCUT2D eigenvalue weighted by Crippen LogP contribution is -2.36. The Labute approximate surface area is 117 Å². The van der Waals surface area contributed by atoms with Crippen LogP contribution >= 0.6 is 11.3 Å². The predicted octanol–water partition coefficient (Wildman–Crippen LogP) is 3.01. The van der Waals surface area contributed by atoms with E-state index in [2.05, 4.69) is 19.2 Å². The third kappa shape index (κ3) is 4.87. The van der Waals surface area contributed by atoms with E-state index in [1.165, 1.54) is 17.4 Å². The first-order valence-corrected chi connectivity index (χ1v) is 7.07. The second-order valence-corrected chi connectivity index (χ2v) is 5.64. The lowest BCUT2D eigenvalue weighted by atomic mass is 10.0. The molecule has 2 unspecified atom stereocenters. The maximum atomic E-state index is 12.0. The number of nitrogens with one attached hydrogen (secondary N) is 1. The molecule has 0 spiro atoms. The summed E-state index contributed by atoms with van der Waals surface area (Å²) in [5.41, 5.74) is 0. The van der Waals surface area contributed by atoms with E-state index < -0.39 is 5.97 Å². The topological polar surface area (TPSA) is 66.4 Å². The van der Waals surface area contributed by atoms with Crippen molar-refractivity contribution in [1.82, 2.24) is 5.32 Å². The molecule has 0 saturated heterocycles. The van der Waals surface area contributed by atoms with Crippen LogP contribution in [0.15, 0.2) is 18.2 Å². The Bertz CT molecular complexity index is 479. The number of thiophene rings is 1. The highest BCUT2D eigenvalue weighted by Crippen LogP contribution is 2.18. The number of carbonyl (C=O) groups excluding carboxylic acids is 1. The van der Waals surface area contributed by atoms with Crippen molar-refractivity contribution in [3.05, 3.63) is 28.0 Å². The van der Waals surface area contributed by atoms with Gasteiger partial charge in [0.15, 0.2) is 0 Å². The van der Waals surface area contributed by atoms with Crippen LogP contribution in [0, 0.1) is 5.92 Å². The zero-order valence-corrected chi connectivity index (χ0v) is 12.2. The van der Waals surface area contributed by atoms with Gasteiger partial charge >= 0.3 is 5.97 Å². The quantitative estimate of drug-likeness (QED) is 0.788. The lowest BCUT2D eigenvalue weighted by Gasteiger charge is -2.19. The molecule has 2 atom stereocenters. The number of carboxylic acids is 1. The highest BCUT2D eigenvalue weighted by Gasteiger charge is 2.15. The van der Waals surface area contributed by atoms with Crippen molar-refractivity contribution >= 4 is 29.3 Å².